The van der Waals surface area contributed by atoms with Gasteiger partial charge in [0.05, 0.1) is 16.9 Å². The monoisotopic (exact) mass is 274 g/mol. The average molecular weight is 275 g/mol. The standard InChI is InChI=1S/C14H11ClN2O2/c1-9-12(15)3-2-4-13(9)17-16-11-5-6-14(19)10(7-11)8-18/h2-8,19H,1H3. The van der Waals surface area contributed by atoms with Gasteiger partial charge in [0.25, 0.3) is 0 Å². The van der Waals surface area contributed by atoms with E-state index in [-0.39, 0.29) is 11.3 Å². The molecule has 2 aromatic rings. The fourth-order valence-corrected chi connectivity index (χ4v) is 1.68. The zero-order valence-electron chi connectivity index (χ0n) is 10.2. The van der Waals surface area contributed by atoms with Crippen LogP contribution in [-0.4, -0.2) is 11.4 Å². The van der Waals surface area contributed by atoms with Crippen molar-refractivity contribution in [3.05, 3.63) is 52.5 Å². The first-order chi connectivity index (χ1) is 9.11. The summed E-state index contributed by atoms with van der Waals surface area (Å²) in [5, 5.41) is 18.1. The number of benzene rings is 2. The van der Waals surface area contributed by atoms with Gasteiger partial charge in [-0.3, -0.25) is 4.79 Å². The van der Waals surface area contributed by atoms with E-state index in [9.17, 15) is 9.90 Å². The number of carbonyl (C=O) groups excluding carboxylic acids is 1. The molecule has 2 rings (SSSR count). The van der Waals surface area contributed by atoms with Crippen LogP contribution >= 0.6 is 11.6 Å². The summed E-state index contributed by atoms with van der Waals surface area (Å²) < 4.78 is 0. The third-order valence-corrected chi connectivity index (χ3v) is 3.06. The average Bonchev–Trinajstić information content (AvgIpc) is 2.42. The highest BCUT2D eigenvalue weighted by molar-refractivity contribution is 6.31. The van der Waals surface area contributed by atoms with Crippen LogP contribution in [0.4, 0.5) is 11.4 Å². The Morgan fingerprint density at radius 2 is 2.00 bits per heavy atom. The first-order valence-corrected chi connectivity index (χ1v) is 5.94. The molecule has 0 saturated carbocycles. The zero-order valence-corrected chi connectivity index (χ0v) is 10.9. The van der Waals surface area contributed by atoms with Crippen LogP contribution in [0.5, 0.6) is 5.75 Å². The van der Waals surface area contributed by atoms with Crippen molar-refractivity contribution in [2.24, 2.45) is 10.2 Å². The molecule has 0 aliphatic carbocycles. The number of phenolic OH excluding ortho intramolecular Hbond substituents is 1. The Balaban J connectivity index is 2.32. The van der Waals surface area contributed by atoms with Crippen LogP contribution in [0.1, 0.15) is 15.9 Å². The van der Waals surface area contributed by atoms with E-state index in [0.29, 0.717) is 22.7 Å². The SMILES string of the molecule is Cc1c(Cl)cccc1N=Nc1ccc(O)c(C=O)c1. The fraction of sp³-hybridized carbons (Fsp3) is 0.0714. The Hall–Kier alpha value is -2.20. The van der Waals surface area contributed by atoms with Gasteiger partial charge in [-0.15, -0.1) is 0 Å². The number of rotatable bonds is 3. The molecule has 0 aliphatic rings. The number of carbonyl (C=O) groups is 1. The number of hydrogen-bond acceptors (Lipinski definition) is 4. The van der Waals surface area contributed by atoms with Gasteiger partial charge in [0, 0.05) is 5.02 Å². The van der Waals surface area contributed by atoms with E-state index in [2.05, 4.69) is 10.2 Å². The van der Waals surface area contributed by atoms with Gasteiger partial charge in [-0.05, 0) is 42.8 Å². The van der Waals surface area contributed by atoms with Crippen molar-refractivity contribution in [3.8, 4) is 5.75 Å². The molecule has 19 heavy (non-hydrogen) atoms. The van der Waals surface area contributed by atoms with Gasteiger partial charge in [0.1, 0.15) is 5.75 Å². The number of aromatic hydroxyl groups is 1. The van der Waals surface area contributed by atoms with E-state index in [4.69, 9.17) is 11.6 Å². The van der Waals surface area contributed by atoms with E-state index in [1.54, 1.807) is 24.3 Å². The minimum absolute atomic E-state index is 0.0760. The summed E-state index contributed by atoms with van der Waals surface area (Å²) in [6, 6.07) is 9.81. The van der Waals surface area contributed by atoms with Crippen molar-refractivity contribution in [2.75, 3.05) is 0 Å². The fourth-order valence-electron chi connectivity index (χ4n) is 1.51. The lowest BCUT2D eigenvalue weighted by Gasteiger charge is -2.01. The molecule has 0 saturated heterocycles. The predicted octanol–water partition coefficient (Wildman–Crippen LogP) is 4.58. The second-order valence-electron chi connectivity index (χ2n) is 3.94. The molecule has 0 fully saturated rings. The topological polar surface area (TPSA) is 62.0 Å². The lowest BCUT2D eigenvalue weighted by molar-refractivity contribution is 0.112. The van der Waals surface area contributed by atoms with Gasteiger partial charge >= 0.3 is 0 Å². The highest BCUT2D eigenvalue weighted by Crippen LogP contribution is 2.28. The molecule has 0 heterocycles. The van der Waals surface area contributed by atoms with Crippen LogP contribution in [0, 0.1) is 6.92 Å². The van der Waals surface area contributed by atoms with Gasteiger partial charge in [-0.25, -0.2) is 0 Å². The number of phenols is 1. The van der Waals surface area contributed by atoms with Gasteiger partial charge in [0.2, 0.25) is 0 Å². The number of halogens is 1. The van der Waals surface area contributed by atoms with E-state index in [1.165, 1.54) is 12.1 Å². The van der Waals surface area contributed by atoms with Crippen molar-refractivity contribution < 1.29 is 9.90 Å². The van der Waals surface area contributed by atoms with Gasteiger partial charge in [-0.1, -0.05) is 17.7 Å². The zero-order chi connectivity index (χ0) is 13.8. The quantitative estimate of drug-likeness (QED) is 0.657. The molecule has 0 radical (unpaired) electrons. The normalized spacial score (nSPS) is 10.8. The maximum Gasteiger partial charge on any atom is 0.153 e. The third kappa shape index (κ3) is 2.98. The van der Waals surface area contributed by atoms with Crippen LogP contribution < -0.4 is 0 Å². The number of nitrogens with zero attached hydrogens (tertiary/aromatic N) is 2. The Bertz CT molecular complexity index is 654. The Morgan fingerprint density at radius 3 is 2.74 bits per heavy atom. The van der Waals surface area contributed by atoms with Crippen LogP contribution in [0.25, 0.3) is 0 Å². The molecule has 1 N–H and O–H groups in total. The minimum atomic E-state index is -0.0760. The van der Waals surface area contributed by atoms with Gasteiger partial charge in [0.15, 0.2) is 6.29 Å². The van der Waals surface area contributed by atoms with E-state index in [0.717, 1.165) is 5.56 Å². The van der Waals surface area contributed by atoms with Crippen molar-refractivity contribution in [1.82, 2.24) is 0 Å². The summed E-state index contributed by atoms with van der Waals surface area (Å²) >= 11 is 5.98. The summed E-state index contributed by atoms with van der Waals surface area (Å²) in [5.41, 5.74) is 2.16. The van der Waals surface area contributed by atoms with Crippen molar-refractivity contribution in [3.63, 3.8) is 0 Å². The van der Waals surface area contributed by atoms with E-state index in [1.807, 2.05) is 6.92 Å². The third-order valence-electron chi connectivity index (χ3n) is 2.65. The molecule has 2 aromatic carbocycles. The second kappa shape index (κ2) is 5.63. The first-order valence-electron chi connectivity index (χ1n) is 5.57. The highest BCUT2D eigenvalue weighted by Gasteiger charge is 2.02. The smallest absolute Gasteiger partial charge is 0.153 e. The molecule has 4 nitrogen and oxygen atoms in total. The van der Waals surface area contributed by atoms with Crippen molar-refractivity contribution in [2.45, 2.75) is 6.92 Å². The van der Waals surface area contributed by atoms with Crippen LogP contribution in [0.2, 0.25) is 5.02 Å². The molecule has 0 aliphatic heterocycles. The summed E-state index contributed by atoms with van der Waals surface area (Å²) in [4.78, 5) is 10.7. The summed E-state index contributed by atoms with van der Waals surface area (Å²) in [6.45, 7) is 1.85. The highest BCUT2D eigenvalue weighted by atomic mass is 35.5. The molecule has 0 atom stereocenters. The van der Waals surface area contributed by atoms with Crippen LogP contribution in [-0.2, 0) is 0 Å². The molecule has 0 aromatic heterocycles. The number of hydrogen-bond donors (Lipinski definition) is 1. The molecular formula is C14H11ClN2O2. The predicted molar refractivity (Wildman–Crippen MR) is 73.9 cm³/mol. The van der Waals surface area contributed by atoms with E-state index >= 15 is 0 Å². The first kappa shape index (κ1) is 13.2. The van der Waals surface area contributed by atoms with Crippen molar-refractivity contribution in [1.29, 1.82) is 0 Å². The van der Waals surface area contributed by atoms with Crippen molar-refractivity contribution >= 4 is 29.3 Å². The van der Waals surface area contributed by atoms with E-state index < -0.39 is 0 Å². The molecular weight excluding hydrogens is 264 g/mol. The molecule has 0 amide bonds. The summed E-state index contributed by atoms with van der Waals surface area (Å²) in [6.07, 6.45) is 0.568. The lowest BCUT2D eigenvalue weighted by Crippen LogP contribution is -1.79. The van der Waals surface area contributed by atoms with Crippen LogP contribution in [0.3, 0.4) is 0 Å². The molecule has 0 spiro atoms. The molecule has 5 heteroatoms. The molecule has 0 unspecified atom stereocenters. The Morgan fingerprint density at radius 1 is 1.21 bits per heavy atom. The largest absolute Gasteiger partial charge is 0.507 e. The number of azo groups is 1. The van der Waals surface area contributed by atoms with Crippen LogP contribution in [0.15, 0.2) is 46.6 Å². The summed E-state index contributed by atoms with van der Waals surface area (Å²) in [5.74, 6) is -0.0760. The maximum absolute atomic E-state index is 10.7. The second-order valence-corrected chi connectivity index (χ2v) is 4.35. The molecule has 96 valence electrons. The maximum atomic E-state index is 10.7. The molecule has 0 bridgehead atoms. The Labute approximate surface area is 115 Å². The van der Waals surface area contributed by atoms with Gasteiger partial charge < -0.3 is 5.11 Å². The minimum Gasteiger partial charge on any atom is -0.507 e. The Kier molecular flexibility index (Phi) is 3.92. The number of aldehydes is 1. The van der Waals surface area contributed by atoms with Gasteiger partial charge in [-0.2, -0.15) is 10.2 Å². The summed E-state index contributed by atoms with van der Waals surface area (Å²) in [7, 11) is 0. The lowest BCUT2D eigenvalue weighted by atomic mass is 10.2.